The van der Waals surface area contributed by atoms with E-state index in [1.54, 1.807) is 7.05 Å². The first kappa shape index (κ1) is 12.5. The van der Waals surface area contributed by atoms with E-state index in [0.29, 0.717) is 0 Å². The van der Waals surface area contributed by atoms with E-state index < -0.39 is 7.14 Å². The second kappa shape index (κ2) is 6.03. The number of hydrogen-bond acceptors (Lipinski definition) is 2. The third kappa shape index (κ3) is 7.85. The number of nitrogens with zero attached hydrogens (tertiary/aromatic N) is 1. The number of rotatable bonds is 4. The van der Waals surface area contributed by atoms with Crippen LogP contribution in [0.1, 0.15) is 6.42 Å². The molecule has 0 bridgehead atoms. The third-order valence-corrected chi connectivity index (χ3v) is 3.02. The normalized spacial score (nSPS) is 12.8. The molecule has 0 amide bonds. The summed E-state index contributed by atoms with van der Waals surface area (Å²) in [5.41, 5.74) is 0. The van der Waals surface area contributed by atoms with Gasteiger partial charge in [0, 0.05) is 26.8 Å². The van der Waals surface area contributed by atoms with E-state index in [0.717, 1.165) is 25.1 Å². The molecule has 0 aliphatic carbocycles. The van der Waals surface area contributed by atoms with Crippen molar-refractivity contribution < 1.29 is 4.57 Å². The van der Waals surface area contributed by atoms with E-state index in [4.69, 9.17) is 0 Å². The molecule has 78 valence electrons. The Balaban J connectivity index is 3.52. The molecule has 0 radical (unpaired) electrons. The number of aliphatic imine (C=N–C) groups is 1. The second-order valence-electron chi connectivity index (χ2n) is 3.40. The van der Waals surface area contributed by atoms with Gasteiger partial charge >= 0.3 is 0 Å². The Bertz CT molecular complexity index is 209. The third-order valence-electron chi connectivity index (χ3n) is 1.63. The lowest BCUT2D eigenvalue weighted by atomic mass is 10.5. The summed E-state index contributed by atoms with van der Waals surface area (Å²) in [5, 5.41) is 6.03. The summed E-state index contributed by atoms with van der Waals surface area (Å²) in [6.45, 7) is 4.46. The highest BCUT2D eigenvalue weighted by molar-refractivity contribution is 7.62. The van der Waals surface area contributed by atoms with Crippen LogP contribution in [-0.4, -0.2) is 46.1 Å². The Morgan fingerprint density at radius 3 is 2.46 bits per heavy atom. The molecule has 0 aliphatic rings. The minimum Gasteiger partial charge on any atom is -0.359 e. The molecule has 2 N–H and O–H groups in total. The molecule has 4 nitrogen and oxygen atoms in total. The van der Waals surface area contributed by atoms with Crippen molar-refractivity contribution >= 4 is 13.1 Å². The van der Waals surface area contributed by atoms with Gasteiger partial charge in [-0.15, -0.1) is 0 Å². The monoisotopic (exact) mass is 205 g/mol. The van der Waals surface area contributed by atoms with E-state index in [2.05, 4.69) is 15.6 Å². The molecule has 0 fully saturated rings. The van der Waals surface area contributed by atoms with E-state index in [1.165, 1.54) is 0 Å². The van der Waals surface area contributed by atoms with Crippen molar-refractivity contribution in [2.75, 3.05) is 40.1 Å². The van der Waals surface area contributed by atoms with E-state index in [1.807, 2.05) is 20.4 Å². The van der Waals surface area contributed by atoms with Crippen LogP contribution in [0.15, 0.2) is 4.99 Å². The summed E-state index contributed by atoms with van der Waals surface area (Å²) >= 11 is 0. The van der Waals surface area contributed by atoms with Gasteiger partial charge in [0.05, 0.1) is 7.14 Å². The van der Waals surface area contributed by atoms with Gasteiger partial charge in [0.15, 0.2) is 5.96 Å². The van der Waals surface area contributed by atoms with Crippen molar-refractivity contribution in [2.24, 2.45) is 4.99 Å². The zero-order chi connectivity index (χ0) is 10.3. The van der Waals surface area contributed by atoms with Gasteiger partial charge in [0.25, 0.3) is 0 Å². The van der Waals surface area contributed by atoms with Crippen LogP contribution >= 0.6 is 7.14 Å². The molecule has 5 heteroatoms. The van der Waals surface area contributed by atoms with Crippen molar-refractivity contribution in [1.82, 2.24) is 10.6 Å². The molecule has 0 heterocycles. The molecule has 0 atom stereocenters. The molecule has 0 rings (SSSR count). The summed E-state index contributed by atoms with van der Waals surface area (Å²) in [6.07, 6.45) is 1.71. The van der Waals surface area contributed by atoms with Crippen LogP contribution in [0.25, 0.3) is 0 Å². The molecule has 0 aromatic heterocycles. The van der Waals surface area contributed by atoms with Crippen LogP contribution in [0.3, 0.4) is 0 Å². The molecule has 0 saturated carbocycles. The summed E-state index contributed by atoms with van der Waals surface area (Å²) in [7, 11) is 1.70. The largest absolute Gasteiger partial charge is 0.359 e. The fraction of sp³-hybridized carbons (Fsp3) is 0.875. The fourth-order valence-electron chi connectivity index (χ4n) is 0.946. The molecular formula is C8H20N3OP. The van der Waals surface area contributed by atoms with Crippen molar-refractivity contribution in [3.05, 3.63) is 0 Å². The van der Waals surface area contributed by atoms with Crippen molar-refractivity contribution in [3.8, 4) is 0 Å². The number of guanidine groups is 1. The highest BCUT2D eigenvalue weighted by Gasteiger charge is 2.05. The van der Waals surface area contributed by atoms with Crippen LogP contribution in [0.4, 0.5) is 0 Å². The molecular weight excluding hydrogens is 185 g/mol. The minimum absolute atomic E-state index is 0.780. The lowest BCUT2D eigenvalue weighted by Gasteiger charge is -2.09. The van der Waals surface area contributed by atoms with Gasteiger partial charge < -0.3 is 15.2 Å². The summed E-state index contributed by atoms with van der Waals surface area (Å²) in [4.78, 5) is 3.97. The van der Waals surface area contributed by atoms with Crippen molar-refractivity contribution in [3.63, 3.8) is 0 Å². The molecule has 0 aliphatic heterocycles. The Labute approximate surface area is 80.6 Å². The fourth-order valence-corrected chi connectivity index (χ4v) is 1.87. The maximum absolute atomic E-state index is 11.3. The van der Waals surface area contributed by atoms with Gasteiger partial charge in [-0.05, 0) is 19.8 Å². The first-order valence-corrected chi connectivity index (χ1v) is 7.20. The lowest BCUT2D eigenvalue weighted by Crippen LogP contribution is -2.35. The van der Waals surface area contributed by atoms with Gasteiger partial charge in [-0.1, -0.05) is 0 Å². The minimum atomic E-state index is -1.84. The van der Waals surface area contributed by atoms with Gasteiger partial charge in [0.2, 0.25) is 0 Å². The smallest absolute Gasteiger partial charge is 0.190 e. The molecule has 13 heavy (non-hydrogen) atoms. The zero-order valence-electron chi connectivity index (χ0n) is 8.92. The quantitative estimate of drug-likeness (QED) is 0.309. The highest BCUT2D eigenvalue weighted by Crippen LogP contribution is 2.35. The maximum atomic E-state index is 11.3. The average molecular weight is 205 g/mol. The van der Waals surface area contributed by atoms with Crippen LogP contribution in [-0.2, 0) is 4.57 Å². The van der Waals surface area contributed by atoms with E-state index in [9.17, 15) is 4.57 Å². The van der Waals surface area contributed by atoms with Gasteiger partial charge in [-0.3, -0.25) is 4.99 Å². The maximum Gasteiger partial charge on any atom is 0.190 e. The van der Waals surface area contributed by atoms with Crippen LogP contribution in [0, 0.1) is 0 Å². The first-order valence-electron chi connectivity index (χ1n) is 4.42. The van der Waals surface area contributed by atoms with E-state index in [-0.39, 0.29) is 0 Å². The molecule has 0 aromatic carbocycles. The van der Waals surface area contributed by atoms with Gasteiger partial charge in [-0.2, -0.15) is 0 Å². The Hall–Kier alpha value is -0.500. The van der Waals surface area contributed by atoms with Crippen molar-refractivity contribution in [1.29, 1.82) is 0 Å². The first-order chi connectivity index (χ1) is 5.99. The SMILES string of the molecule is CN=C(NC)NCCCP(C)(C)=O. The molecule has 0 unspecified atom stereocenters. The summed E-state index contributed by atoms with van der Waals surface area (Å²) < 4.78 is 11.3. The van der Waals surface area contributed by atoms with Crippen LogP contribution < -0.4 is 10.6 Å². The molecule has 0 spiro atoms. The Morgan fingerprint density at radius 2 is 2.08 bits per heavy atom. The van der Waals surface area contributed by atoms with Gasteiger partial charge in [0.1, 0.15) is 0 Å². The van der Waals surface area contributed by atoms with Crippen LogP contribution in [0.2, 0.25) is 0 Å². The number of nitrogens with one attached hydrogen (secondary N) is 2. The molecule has 0 aromatic rings. The number of hydrogen-bond donors (Lipinski definition) is 2. The predicted molar refractivity (Wildman–Crippen MR) is 59.4 cm³/mol. The standard InChI is InChI=1S/C8H20N3OP/c1-9-8(10-2)11-6-5-7-13(3,4)12/h5-7H2,1-4H3,(H2,9,10,11). The van der Waals surface area contributed by atoms with Gasteiger partial charge in [-0.25, -0.2) is 0 Å². The lowest BCUT2D eigenvalue weighted by molar-refractivity contribution is 0.580. The summed E-state index contributed by atoms with van der Waals surface area (Å²) in [6, 6.07) is 0. The molecule has 0 saturated heterocycles. The summed E-state index contributed by atoms with van der Waals surface area (Å²) in [5.74, 6) is 0.780. The van der Waals surface area contributed by atoms with Crippen LogP contribution in [0.5, 0.6) is 0 Å². The van der Waals surface area contributed by atoms with E-state index >= 15 is 0 Å². The zero-order valence-corrected chi connectivity index (χ0v) is 9.82. The average Bonchev–Trinajstić information content (AvgIpc) is 2.03. The Kier molecular flexibility index (Phi) is 5.80. The topological polar surface area (TPSA) is 53.5 Å². The Morgan fingerprint density at radius 1 is 1.46 bits per heavy atom. The predicted octanol–water partition coefficient (Wildman–Crippen LogP) is 0.794. The second-order valence-corrected chi connectivity index (χ2v) is 7.00. The van der Waals surface area contributed by atoms with Crippen molar-refractivity contribution in [2.45, 2.75) is 6.42 Å². The highest BCUT2D eigenvalue weighted by atomic mass is 31.2.